The van der Waals surface area contributed by atoms with Gasteiger partial charge in [-0.3, -0.25) is 0 Å². The quantitative estimate of drug-likeness (QED) is 0.557. The molecule has 0 unspecified atom stereocenters. The van der Waals surface area contributed by atoms with E-state index in [0.29, 0.717) is 17.0 Å². The van der Waals surface area contributed by atoms with Gasteiger partial charge in [0.2, 0.25) is 0 Å². The summed E-state index contributed by atoms with van der Waals surface area (Å²) in [5.74, 6) is 0. The van der Waals surface area contributed by atoms with Crippen molar-refractivity contribution in [3.05, 3.63) is 24.5 Å². The van der Waals surface area contributed by atoms with Crippen LogP contribution in [0.25, 0.3) is 11.0 Å². The first-order valence-corrected chi connectivity index (χ1v) is 3.30. The Morgan fingerprint density at radius 1 is 1.09 bits per heavy atom. The monoisotopic (exact) mass is 148 g/mol. The summed E-state index contributed by atoms with van der Waals surface area (Å²) in [6.45, 7) is 0. The van der Waals surface area contributed by atoms with Crippen molar-refractivity contribution in [3.63, 3.8) is 0 Å². The SMILES string of the molecule is Nc1coc2c(N)cccc12. The molecule has 2 aromatic rings. The molecule has 0 saturated heterocycles. The average Bonchev–Trinajstić information content (AvgIpc) is 2.35. The molecule has 0 fully saturated rings. The van der Waals surface area contributed by atoms with Crippen LogP contribution in [0, 0.1) is 0 Å². The number of nitrogens with two attached hydrogens (primary N) is 2. The molecule has 2 rings (SSSR count). The van der Waals surface area contributed by atoms with E-state index >= 15 is 0 Å². The van der Waals surface area contributed by atoms with Gasteiger partial charge in [-0.2, -0.15) is 0 Å². The minimum absolute atomic E-state index is 0.624. The molecule has 3 nitrogen and oxygen atoms in total. The molecule has 3 heteroatoms. The molecule has 0 bridgehead atoms. The van der Waals surface area contributed by atoms with Crippen LogP contribution < -0.4 is 11.5 Å². The number of furan rings is 1. The van der Waals surface area contributed by atoms with Gasteiger partial charge >= 0.3 is 0 Å². The summed E-state index contributed by atoms with van der Waals surface area (Å²) in [6, 6.07) is 5.51. The van der Waals surface area contributed by atoms with Gasteiger partial charge in [0.05, 0.1) is 11.4 Å². The van der Waals surface area contributed by atoms with Crippen molar-refractivity contribution >= 4 is 22.3 Å². The molecule has 1 heterocycles. The third-order valence-electron chi connectivity index (χ3n) is 1.66. The largest absolute Gasteiger partial charge is 0.460 e. The topological polar surface area (TPSA) is 65.2 Å². The second kappa shape index (κ2) is 1.92. The van der Waals surface area contributed by atoms with E-state index in [0.717, 1.165) is 5.39 Å². The van der Waals surface area contributed by atoms with Gasteiger partial charge in [0, 0.05) is 5.39 Å². The highest BCUT2D eigenvalue weighted by Gasteiger charge is 2.03. The van der Waals surface area contributed by atoms with Crippen LogP contribution in [0.2, 0.25) is 0 Å². The average molecular weight is 148 g/mol. The smallest absolute Gasteiger partial charge is 0.158 e. The molecule has 0 amide bonds. The van der Waals surface area contributed by atoms with E-state index in [1.807, 2.05) is 12.1 Å². The zero-order valence-corrected chi connectivity index (χ0v) is 5.87. The maximum Gasteiger partial charge on any atom is 0.158 e. The van der Waals surface area contributed by atoms with Crippen molar-refractivity contribution in [2.24, 2.45) is 0 Å². The van der Waals surface area contributed by atoms with Crippen LogP contribution in [-0.2, 0) is 0 Å². The predicted octanol–water partition coefficient (Wildman–Crippen LogP) is 1.60. The van der Waals surface area contributed by atoms with Gasteiger partial charge < -0.3 is 15.9 Å². The Balaban J connectivity index is 2.94. The summed E-state index contributed by atoms with van der Waals surface area (Å²) in [6.07, 6.45) is 1.50. The van der Waals surface area contributed by atoms with Crippen LogP contribution in [0.1, 0.15) is 0 Å². The van der Waals surface area contributed by atoms with Crippen LogP contribution in [-0.4, -0.2) is 0 Å². The van der Waals surface area contributed by atoms with E-state index in [-0.39, 0.29) is 0 Å². The Bertz CT molecular complexity index is 392. The van der Waals surface area contributed by atoms with Gasteiger partial charge in [-0.05, 0) is 12.1 Å². The number of anilines is 2. The van der Waals surface area contributed by atoms with Crippen molar-refractivity contribution in [2.75, 3.05) is 11.5 Å². The third-order valence-corrected chi connectivity index (χ3v) is 1.66. The molecular formula is C8H8N2O. The first-order chi connectivity index (χ1) is 5.29. The Morgan fingerprint density at radius 2 is 1.91 bits per heavy atom. The Labute approximate surface area is 63.6 Å². The van der Waals surface area contributed by atoms with Gasteiger partial charge in [0.1, 0.15) is 6.26 Å². The molecule has 1 aromatic heterocycles. The van der Waals surface area contributed by atoms with Crippen LogP contribution in [0.15, 0.2) is 28.9 Å². The molecule has 0 atom stereocenters. The highest BCUT2D eigenvalue weighted by molar-refractivity contribution is 5.96. The maximum absolute atomic E-state index is 5.62. The zero-order valence-electron chi connectivity index (χ0n) is 5.87. The summed E-state index contributed by atoms with van der Waals surface area (Å²) in [5.41, 5.74) is 13.1. The second-order valence-corrected chi connectivity index (χ2v) is 2.41. The van der Waals surface area contributed by atoms with Gasteiger partial charge in [0.25, 0.3) is 0 Å². The minimum atomic E-state index is 0.624. The fourth-order valence-corrected chi connectivity index (χ4v) is 1.10. The number of nitrogen functional groups attached to an aromatic ring is 2. The molecule has 0 saturated carbocycles. The van der Waals surface area contributed by atoms with E-state index in [2.05, 4.69) is 0 Å². The fourth-order valence-electron chi connectivity index (χ4n) is 1.10. The highest BCUT2D eigenvalue weighted by Crippen LogP contribution is 2.26. The van der Waals surface area contributed by atoms with Crippen LogP contribution >= 0.6 is 0 Å². The fraction of sp³-hybridized carbons (Fsp3) is 0. The first kappa shape index (κ1) is 6.09. The molecule has 56 valence electrons. The lowest BCUT2D eigenvalue weighted by atomic mass is 10.2. The lowest BCUT2D eigenvalue weighted by Gasteiger charge is -1.92. The van der Waals surface area contributed by atoms with Crippen molar-refractivity contribution in [3.8, 4) is 0 Å². The number of hydrogen-bond donors (Lipinski definition) is 2. The minimum Gasteiger partial charge on any atom is -0.460 e. The Kier molecular flexibility index (Phi) is 1.06. The normalized spacial score (nSPS) is 10.5. The molecule has 1 aromatic carbocycles. The summed E-state index contributed by atoms with van der Waals surface area (Å²) < 4.78 is 5.13. The Hall–Kier alpha value is -1.64. The molecule has 4 N–H and O–H groups in total. The third kappa shape index (κ3) is 0.741. The number of rotatable bonds is 0. The van der Waals surface area contributed by atoms with E-state index in [9.17, 15) is 0 Å². The van der Waals surface area contributed by atoms with Gasteiger partial charge in [-0.25, -0.2) is 0 Å². The maximum atomic E-state index is 5.62. The summed E-state index contributed by atoms with van der Waals surface area (Å²) >= 11 is 0. The number of fused-ring (bicyclic) bond motifs is 1. The van der Waals surface area contributed by atoms with Crippen molar-refractivity contribution in [1.29, 1.82) is 0 Å². The van der Waals surface area contributed by atoms with Crippen molar-refractivity contribution < 1.29 is 4.42 Å². The zero-order chi connectivity index (χ0) is 7.84. The first-order valence-electron chi connectivity index (χ1n) is 3.30. The Morgan fingerprint density at radius 3 is 2.64 bits per heavy atom. The molecular weight excluding hydrogens is 140 g/mol. The molecule has 0 aliphatic carbocycles. The second-order valence-electron chi connectivity index (χ2n) is 2.41. The molecule has 0 aliphatic rings. The number of para-hydroxylation sites is 1. The molecule has 0 aliphatic heterocycles. The lowest BCUT2D eigenvalue weighted by molar-refractivity contribution is 0.618. The van der Waals surface area contributed by atoms with E-state index in [1.54, 1.807) is 6.07 Å². The van der Waals surface area contributed by atoms with Crippen molar-refractivity contribution in [1.82, 2.24) is 0 Å². The number of benzene rings is 1. The van der Waals surface area contributed by atoms with Crippen LogP contribution in [0.5, 0.6) is 0 Å². The standard InChI is InChI=1S/C8H8N2O/c9-6-3-1-2-5-7(10)4-11-8(5)6/h1-4H,9-10H2. The molecule has 0 spiro atoms. The predicted molar refractivity (Wildman–Crippen MR) is 45.0 cm³/mol. The van der Waals surface area contributed by atoms with Crippen LogP contribution in [0.4, 0.5) is 11.4 Å². The van der Waals surface area contributed by atoms with Gasteiger partial charge in [-0.1, -0.05) is 6.07 Å². The van der Waals surface area contributed by atoms with Gasteiger partial charge in [0.15, 0.2) is 5.58 Å². The number of hydrogen-bond acceptors (Lipinski definition) is 3. The summed E-state index contributed by atoms with van der Waals surface area (Å²) in [5, 5.41) is 0.880. The van der Waals surface area contributed by atoms with E-state index in [4.69, 9.17) is 15.9 Å². The molecule has 11 heavy (non-hydrogen) atoms. The van der Waals surface area contributed by atoms with Gasteiger partial charge in [-0.15, -0.1) is 0 Å². The highest BCUT2D eigenvalue weighted by atomic mass is 16.3. The lowest BCUT2D eigenvalue weighted by Crippen LogP contribution is -1.84. The van der Waals surface area contributed by atoms with Crippen LogP contribution in [0.3, 0.4) is 0 Å². The molecule has 0 radical (unpaired) electrons. The van der Waals surface area contributed by atoms with E-state index in [1.165, 1.54) is 6.26 Å². The van der Waals surface area contributed by atoms with E-state index < -0.39 is 0 Å². The summed E-state index contributed by atoms with van der Waals surface area (Å²) in [4.78, 5) is 0. The summed E-state index contributed by atoms with van der Waals surface area (Å²) in [7, 11) is 0. The van der Waals surface area contributed by atoms with Crippen molar-refractivity contribution in [2.45, 2.75) is 0 Å².